The van der Waals surface area contributed by atoms with Gasteiger partial charge in [-0.15, -0.1) is 0 Å². The Bertz CT molecular complexity index is 159. The number of nitrogens with zero attached hydrogens (tertiary/aromatic N) is 2. The average Bonchev–Trinajstić information content (AvgIpc) is 2.70. The maximum atomic E-state index is 4.52. The van der Waals surface area contributed by atoms with Crippen LogP contribution in [0.5, 0.6) is 0 Å². The van der Waals surface area contributed by atoms with E-state index in [9.17, 15) is 0 Å². The molecule has 0 N–H and O–H groups in total. The highest BCUT2D eigenvalue weighted by atomic mass is 15.5. The van der Waals surface area contributed by atoms with Crippen molar-refractivity contribution >= 4 is 5.71 Å². The molecular formula is C8H14N2. The van der Waals surface area contributed by atoms with Crippen LogP contribution in [0.3, 0.4) is 0 Å². The second kappa shape index (κ2) is 2.26. The molecule has 0 aromatic carbocycles. The summed E-state index contributed by atoms with van der Waals surface area (Å²) in [4.78, 5) is 0. The standard InChI is InChI=1S/C8H14N2/c1-2-10-6-5-8(9-10)7-3-4-7/h7H,2-6H2,1H3. The lowest BCUT2D eigenvalue weighted by Crippen LogP contribution is -2.11. The van der Waals surface area contributed by atoms with Gasteiger partial charge in [-0.25, -0.2) is 0 Å². The zero-order valence-corrected chi connectivity index (χ0v) is 6.51. The lowest BCUT2D eigenvalue weighted by molar-refractivity contribution is 0.336. The molecule has 0 saturated heterocycles. The molecular weight excluding hydrogens is 124 g/mol. The molecule has 0 aromatic rings. The lowest BCUT2D eigenvalue weighted by Gasteiger charge is -2.07. The van der Waals surface area contributed by atoms with E-state index in [1.807, 2.05) is 0 Å². The summed E-state index contributed by atoms with van der Waals surface area (Å²) in [6, 6.07) is 0. The van der Waals surface area contributed by atoms with Gasteiger partial charge in [0.05, 0.1) is 0 Å². The average molecular weight is 138 g/mol. The molecule has 1 fully saturated rings. The maximum Gasteiger partial charge on any atom is 0.0429 e. The van der Waals surface area contributed by atoms with Crippen molar-refractivity contribution in [2.45, 2.75) is 26.2 Å². The summed E-state index contributed by atoms with van der Waals surface area (Å²) in [5.74, 6) is 0.886. The highest BCUT2D eigenvalue weighted by molar-refractivity contribution is 5.89. The third-order valence-corrected chi connectivity index (χ3v) is 2.31. The van der Waals surface area contributed by atoms with Crippen molar-refractivity contribution in [3.63, 3.8) is 0 Å². The van der Waals surface area contributed by atoms with Crippen LogP contribution in [0.1, 0.15) is 26.2 Å². The third kappa shape index (κ3) is 1.02. The highest BCUT2D eigenvalue weighted by Crippen LogP contribution is 2.33. The number of hydrazone groups is 1. The van der Waals surface area contributed by atoms with E-state index in [0.29, 0.717) is 0 Å². The van der Waals surface area contributed by atoms with Gasteiger partial charge < -0.3 is 0 Å². The summed E-state index contributed by atoms with van der Waals surface area (Å²) in [7, 11) is 0. The Kier molecular flexibility index (Phi) is 1.40. The Morgan fingerprint density at radius 2 is 2.40 bits per heavy atom. The quantitative estimate of drug-likeness (QED) is 0.564. The van der Waals surface area contributed by atoms with Crippen molar-refractivity contribution in [1.82, 2.24) is 5.01 Å². The molecule has 0 atom stereocenters. The monoisotopic (exact) mass is 138 g/mol. The second-order valence-electron chi connectivity index (χ2n) is 3.16. The third-order valence-electron chi connectivity index (χ3n) is 2.31. The molecule has 2 heteroatoms. The van der Waals surface area contributed by atoms with Crippen molar-refractivity contribution < 1.29 is 0 Å². The minimum absolute atomic E-state index is 0.886. The van der Waals surface area contributed by atoms with Crippen LogP contribution in [0.25, 0.3) is 0 Å². The summed E-state index contributed by atoms with van der Waals surface area (Å²) in [6.45, 7) is 4.41. The van der Waals surface area contributed by atoms with Gasteiger partial charge in [-0.05, 0) is 25.7 Å². The van der Waals surface area contributed by atoms with Gasteiger partial charge in [-0.2, -0.15) is 5.10 Å². The van der Waals surface area contributed by atoms with Crippen molar-refractivity contribution in [3.8, 4) is 0 Å². The van der Waals surface area contributed by atoms with Crippen LogP contribution < -0.4 is 0 Å². The van der Waals surface area contributed by atoms with E-state index in [0.717, 1.165) is 12.5 Å². The Balaban J connectivity index is 1.96. The van der Waals surface area contributed by atoms with E-state index in [-0.39, 0.29) is 0 Å². The maximum absolute atomic E-state index is 4.52. The fourth-order valence-corrected chi connectivity index (χ4v) is 1.46. The second-order valence-corrected chi connectivity index (χ2v) is 3.16. The molecule has 56 valence electrons. The van der Waals surface area contributed by atoms with Crippen LogP contribution in [0.15, 0.2) is 5.10 Å². The first-order valence-electron chi connectivity index (χ1n) is 4.22. The van der Waals surface area contributed by atoms with Gasteiger partial charge in [0, 0.05) is 25.2 Å². The SMILES string of the molecule is CCN1CCC(C2CC2)=N1. The zero-order valence-electron chi connectivity index (χ0n) is 6.51. The summed E-state index contributed by atoms with van der Waals surface area (Å²) in [6.07, 6.45) is 4.03. The molecule has 0 radical (unpaired) electrons. The first-order valence-corrected chi connectivity index (χ1v) is 4.22. The van der Waals surface area contributed by atoms with Gasteiger partial charge in [-0.3, -0.25) is 5.01 Å². The van der Waals surface area contributed by atoms with Crippen molar-refractivity contribution in [1.29, 1.82) is 0 Å². The molecule has 1 saturated carbocycles. The van der Waals surface area contributed by atoms with Gasteiger partial charge in [0.25, 0.3) is 0 Å². The van der Waals surface area contributed by atoms with E-state index in [2.05, 4.69) is 17.0 Å². The number of hydrogen-bond acceptors (Lipinski definition) is 2. The minimum atomic E-state index is 0.886. The summed E-state index contributed by atoms with van der Waals surface area (Å²) < 4.78 is 0. The Labute approximate surface area is 61.9 Å². The number of hydrogen-bond donors (Lipinski definition) is 0. The molecule has 0 aromatic heterocycles. The van der Waals surface area contributed by atoms with Crippen LogP contribution in [0.2, 0.25) is 0 Å². The van der Waals surface area contributed by atoms with Gasteiger partial charge >= 0.3 is 0 Å². The van der Waals surface area contributed by atoms with Gasteiger partial charge in [0.1, 0.15) is 0 Å². The zero-order chi connectivity index (χ0) is 6.97. The Hall–Kier alpha value is -0.530. The molecule has 1 heterocycles. The van der Waals surface area contributed by atoms with Gasteiger partial charge in [0.15, 0.2) is 0 Å². The molecule has 1 aliphatic heterocycles. The van der Waals surface area contributed by atoms with E-state index < -0.39 is 0 Å². The fourth-order valence-electron chi connectivity index (χ4n) is 1.46. The highest BCUT2D eigenvalue weighted by Gasteiger charge is 2.30. The lowest BCUT2D eigenvalue weighted by atomic mass is 10.2. The summed E-state index contributed by atoms with van der Waals surface area (Å²) >= 11 is 0. The fraction of sp³-hybridized carbons (Fsp3) is 0.875. The molecule has 0 spiro atoms. The first-order chi connectivity index (χ1) is 4.90. The van der Waals surface area contributed by atoms with E-state index in [1.165, 1.54) is 31.5 Å². The van der Waals surface area contributed by atoms with Crippen molar-refractivity contribution in [2.24, 2.45) is 11.0 Å². The minimum Gasteiger partial charge on any atom is -0.297 e. The predicted molar refractivity (Wildman–Crippen MR) is 42.0 cm³/mol. The smallest absolute Gasteiger partial charge is 0.0429 e. The van der Waals surface area contributed by atoms with E-state index >= 15 is 0 Å². The van der Waals surface area contributed by atoms with Crippen molar-refractivity contribution in [2.75, 3.05) is 13.1 Å². The van der Waals surface area contributed by atoms with Gasteiger partial charge in [0.2, 0.25) is 0 Å². The topological polar surface area (TPSA) is 15.6 Å². The predicted octanol–water partition coefficient (Wildman–Crippen LogP) is 1.48. The molecule has 0 amide bonds. The molecule has 10 heavy (non-hydrogen) atoms. The molecule has 2 rings (SSSR count). The molecule has 0 unspecified atom stereocenters. The molecule has 1 aliphatic carbocycles. The summed E-state index contributed by atoms with van der Waals surface area (Å²) in [5.41, 5.74) is 1.47. The largest absolute Gasteiger partial charge is 0.297 e. The van der Waals surface area contributed by atoms with E-state index in [1.54, 1.807) is 0 Å². The van der Waals surface area contributed by atoms with Gasteiger partial charge in [-0.1, -0.05) is 0 Å². The summed E-state index contributed by atoms with van der Waals surface area (Å²) in [5, 5.41) is 6.69. The van der Waals surface area contributed by atoms with E-state index in [4.69, 9.17) is 0 Å². The normalized spacial score (nSPS) is 25.3. The molecule has 2 aliphatic rings. The van der Waals surface area contributed by atoms with Crippen LogP contribution in [-0.4, -0.2) is 23.8 Å². The van der Waals surface area contributed by atoms with Crippen LogP contribution in [-0.2, 0) is 0 Å². The first kappa shape index (κ1) is 6.20. The Morgan fingerprint density at radius 1 is 1.60 bits per heavy atom. The van der Waals surface area contributed by atoms with Crippen molar-refractivity contribution in [3.05, 3.63) is 0 Å². The Morgan fingerprint density at radius 3 is 2.90 bits per heavy atom. The molecule has 2 nitrogen and oxygen atoms in total. The van der Waals surface area contributed by atoms with Crippen LogP contribution >= 0.6 is 0 Å². The van der Waals surface area contributed by atoms with Crippen LogP contribution in [0, 0.1) is 5.92 Å². The number of rotatable bonds is 2. The van der Waals surface area contributed by atoms with Crippen LogP contribution in [0.4, 0.5) is 0 Å². The molecule has 0 bridgehead atoms.